The zero-order valence-electron chi connectivity index (χ0n) is 12.9. The predicted molar refractivity (Wildman–Crippen MR) is 78.7 cm³/mol. The maximum Gasteiger partial charge on any atom is 0.0941 e. The first-order valence-corrected chi connectivity index (χ1v) is 6.93. The molecular formula is C17H28O. The molecule has 0 bridgehead atoms. The Labute approximate surface area is 112 Å². The van der Waals surface area contributed by atoms with Gasteiger partial charge in [0.15, 0.2) is 0 Å². The lowest BCUT2D eigenvalue weighted by molar-refractivity contribution is -0.0531. The van der Waals surface area contributed by atoms with Gasteiger partial charge in [-0.3, -0.25) is 0 Å². The summed E-state index contributed by atoms with van der Waals surface area (Å²) in [6.07, 6.45) is 0. The Morgan fingerprint density at radius 1 is 0.778 bits per heavy atom. The van der Waals surface area contributed by atoms with Crippen molar-refractivity contribution in [2.75, 3.05) is 0 Å². The molecule has 102 valence electrons. The normalized spacial score (nSPS) is 13.4. The van der Waals surface area contributed by atoms with Gasteiger partial charge >= 0.3 is 0 Å². The van der Waals surface area contributed by atoms with Crippen LogP contribution >= 0.6 is 0 Å². The molecule has 0 spiro atoms. The quantitative estimate of drug-likeness (QED) is 0.836. The van der Waals surface area contributed by atoms with Gasteiger partial charge in [-0.2, -0.15) is 0 Å². The van der Waals surface area contributed by atoms with Gasteiger partial charge in [-0.05, 0) is 28.4 Å². The minimum Gasteiger partial charge on any atom is -0.385 e. The van der Waals surface area contributed by atoms with Crippen molar-refractivity contribution < 1.29 is 5.11 Å². The second kappa shape index (κ2) is 5.05. The molecule has 0 atom stereocenters. The highest BCUT2D eigenvalue weighted by molar-refractivity contribution is 5.31. The number of hydrogen-bond acceptors (Lipinski definition) is 1. The van der Waals surface area contributed by atoms with Gasteiger partial charge in [-0.15, -0.1) is 0 Å². The van der Waals surface area contributed by atoms with Gasteiger partial charge in [-0.25, -0.2) is 0 Å². The molecule has 0 aromatic heterocycles. The molecule has 0 heterocycles. The Morgan fingerprint density at radius 2 is 1.11 bits per heavy atom. The summed E-state index contributed by atoms with van der Waals surface area (Å²) >= 11 is 0. The van der Waals surface area contributed by atoms with Crippen molar-refractivity contribution in [3.8, 4) is 0 Å². The molecule has 0 radical (unpaired) electrons. The smallest absolute Gasteiger partial charge is 0.0941 e. The van der Waals surface area contributed by atoms with Gasteiger partial charge in [0, 0.05) is 0 Å². The minimum absolute atomic E-state index is 0.159. The monoisotopic (exact) mass is 248 g/mol. The van der Waals surface area contributed by atoms with Crippen LogP contribution in [0.3, 0.4) is 0 Å². The van der Waals surface area contributed by atoms with Crippen LogP contribution in [-0.2, 0) is 11.0 Å². The van der Waals surface area contributed by atoms with Crippen molar-refractivity contribution in [2.24, 2.45) is 11.8 Å². The number of hydrogen-bond donors (Lipinski definition) is 1. The lowest BCUT2D eigenvalue weighted by Crippen LogP contribution is -2.37. The maximum absolute atomic E-state index is 10.9. The van der Waals surface area contributed by atoms with E-state index in [2.05, 4.69) is 72.7 Å². The maximum atomic E-state index is 10.9. The second-order valence-corrected chi connectivity index (χ2v) is 6.96. The average Bonchev–Trinajstić information content (AvgIpc) is 2.26. The molecule has 0 aliphatic heterocycles. The van der Waals surface area contributed by atoms with E-state index >= 15 is 0 Å². The molecule has 0 aliphatic rings. The van der Waals surface area contributed by atoms with E-state index < -0.39 is 5.60 Å². The molecular weight excluding hydrogens is 220 g/mol. The minimum atomic E-state index is -0.740. The molecule has 0 fully saturated rings. The molecule has 1 heteroatoms. The summed E-state index contributed by atoms with van der Waals surface area (Å²) in [5, 5.41) is 10.9. The van der Waals surface area contributed by atoms with Crippen LogP contribution in [0.2, 0.25) is 0 Å². The Bertz CT molecular complexity index is 371. The van der Waals surface area contributed by atoms with Gasteiger partial charge in [0.1, 0.15) is 0 Å². The third-order valence-electron chi connectivity index (χ3n) is 3.97. The van der Waals surface area contributed by atoms with Crippen molar-refractivity contribution >= 4 is 0 Å². The van der Waals surface area contributed by atoms with Gasteiger partial charge in [-0.1, -0.05) is 72.7 Å². The first-order valence-electron chi connectivity index (χ1n) is 6.93. The first kappa shape index (κ1) is 15.2. The van der Waals surface area contributed by atoms with Crippen molar-refractivity contribution in [1.29, 1.82) is 0 Å². The van der Waals surface area contributed by atoms with Gasteiger partial charge in [0.05, 0.1) is 5.60 Å². The summed E-state index contributed by atoms with van der Waals surface area (Å²) < 4.78 is 0. The summed E-state index contributed by atoms with van der Waals surface area (Å²) in [5.41, 5.74) is 1.75. The summed E-state index contributed by atoms with van der Waals surface area (Å²) in [6.45, 7) is 14.9. The van der Waals surface area contributed by atoms with Crippen molar-refractivity contribution in [2.45, 2.75) is 59.5 Å². The lowest BCUT2D eigenvalue weighted by Gasteiger charge is -2.37. The molecule has 1 aromatic rings. The van der Waals surface area contributed by atoms with Crippen LogP contribution in [0.15, 0.2) is 24.3 Å². The summed E-state index contributed by atoms with van der Waals surface area (Å²) in [7, 11) is 0. The Balaban J connectivity index is 3.18. The molecule has 1 nitrogen and oxygen atoms in total. The molecule has 0 aliphatic carbocycles. The van der Waals surface area contributed by atoms with E-state index in [0.29, 0.717) is 0 Å². The summed E-state index contributed by atoms with van der Waals surface area (Å²) in [5.74, 6) is 0.413. The molecule has 0 unspecified atom stereocenters. The zero-order valence-corrected chi connectivity index (χ0v) is 12.9. The number of benzene rings is 1. The van der Waals surface area contributed by atoms with E-state index in [1.807, 2.05) is 0 Å². The summed E-state index contributed by atoms with van der Waals surface area (Å²) in [4.78, 5) is 0. The van der Waals surface area contributed by atoms with E-state index in [4.69, 9.17) is 0 Å². The lowest BCUT2D eigenvalue weighted by atomic mass is 9.74. The van der Waals surface area contributed by atoms with Crippen LogP contribution in [0.1, 0.15) is 59.6 Å². The fourth-order valence-corrected chi connectivity index (χ4v) is 2.57. The molecule has 1 rings (SSSR count). The topological polar surface area (TPSA) is 20.2 Å². The Hall–Kier alpha value is -0.820. The number of aliphatic hydroxyl groups is 1. The molecule has 0 saturated carbocycles. The van der Waals surface area contributed by atoms with Crippen molar-refractivity contribution in [1.82, 2.24) is 0 Å². The SMILES string of the molecule is CC(C)C(O)(c1ccc(C(C)(C)C)cc1)C(C)C. The van der Waals surface area contributed by atoms with Gasteiger partial charge < -0.3 is 5.11 Å². The van der Waals surface area contributed by atoms with Crippen molar-refractivity contribution in [3.63, 3.8) is 0 Å². The zero-order chi connectivity index (χ0) is 14.1. The Morgan fingerprint density at radius 3 is 1.39 bits per heavy atom. The highest BCUT2D eigenvalue weighted by Gasteiger charge is 2.36. The third-order valence-corrected chi connectivity index (χ3v) is 3.97. The van der Waals surface area contributed by atoms with Gasteiger partial charge in [0.25, 0.3) is 0 Å². The second-order valence-electron chi connectivity index (χ2n) is 6.96. The highest BCUT2D eigenvalue weighted by Crippen LogP contribution is 2.37. The summed E-state index contributed by atoms with van der Waals surface area (Å²) in [6, 6.07) is 8.46. The molecule has 18 heavy (non-hydrogen) atoms. The molecule has 1 aromatic carbocycles. The van der Waals surface area contributed by atoms with E-state index in [-0.39, 0.29) is 17.3 Å². The van der Waals surface area contributed by atoms with E-state index in [1.54, 1.807) is 0 Å². The fourth-order valence-electron chi connectivity index (χ4n) is 2.57. The fraction of sp³-hybridized carbons (Fsp3) is 0.647. The van der Waals surface area contributed by atoms with Crippen LogP contribution < -0.4 is 0 Å². The third kappa shape index (κ3) is 2.77. The van der Waals surface area contributed by atoms with Crippen LogP contribution in [0.4, 0.5) is 0 Å². The van der Waals surface area contributed by atoms with Crippen LogP contribution in [0.25, 0.3) is 0 Å². The van der Waals surface area contributed by atoms with Crippen LogP contribution in [0, 0.1) is 11.8 Å². The van der Waals surface area contributed by atoms with Crippen molar-refractivity contribution in [3.05, 3.63) is 35.4 Å². The average molecular weight is 248 g/mol. The molecule has 0 amide bonds. The predicted octanol–water partition coefficient (Wildman–Crippen LogP) is 4.48. The standard InChI is InChI=1S/C17H28O/c1-12(2)17(18,13(3)4)15-10-8-14(9-11-15)16(5,6)7/h8-13,18H,1-7H3. The van der Waals surface area contributed by atoms with E-state index in [0.717, 1.165) is 5.56 Å². The molecule has 0 saturated heterocycles. The largest absolute Gasteiger partial charge is 0.385 e. The highest BCUT2D eigenvalue weighted by atomic mass is 16.3. The molecule has 1 N–H and O–H groups in total. The first-order chi connectivity index (χ1) is 8.10. The van der Waals surface area contributed by atoms with Crippen LogP contribution in [-0.4, -0.2) is 5.11 Å². The van der Waals surface area contributed by atoms with E-state index in [9.17, 15) is 5.11 Å². The number of rotatable bonds is 3. The van der Waals surface area contributed by atoms with E-state index in [1.165, 1.54) is 5.56 Å². The Kier molecular flexibility index (Phi) is 4.27. The van der Waals surface area contributed by atoms with Crippen LogP contribution in [0.5, 0.6) is 0 Å². The van der Waals surface area contributed by atoms with Gasteiger partial charge in [0.2, 0.25) is 0 Å².